The van der Waals surface area contributed by atoms with Crippen molar-refractivity contribution in [3.63, 3.8) is 0 Å². The van der Waals surface area contributed by atoms with Gasteiger partial charge in [0.1, 0.15) is 24.4 Å². The summed E-state index contributed by atoms with van der Waals surface area (Å²) in [6, 6.07) is 0. The normalized spacial score (nSPS) is 12.2. The van der Waals surface area contributed by atoms with Crippen molar-refractivity contribution in [2.75, 3.05) is 0 Å². The van der Waals surface area contributed by atoms with Gasteiger partial charge in [0.25, 0.3) is 0 Å². The topological polar surface area (TPSA) is 367 Å². The van der Waals surface area contributed by atoms with Crippen LogP contribution in [0.15, 0.2) is 0 Å². The van der Waals surface area contributed by atoms with E-state index in [1.165, 1.54) is 0 Å². The zero-order valence-corrected chi connectivity index (χ0v) is 17.2. The molecule has 0 radical (unpaired) electrons. The number of hydrogen-bond acceptors (Lipinski definition) is 12. The molecule has 26 heavy (non-hydrogen) atoms. The molecule has 0 saturated heterocycles. The summed E-state index contributed by atoms with van der Waals surface area (Å²) >= 11 is 0. The zero-order chi connectivity index (χ0) is 16.6. The Morgan fingerprint density at radius 3 is 0.577 bits per heavy atom. The van der Waals surface area contributed by atoms with Crippen molar-refractivity contribution >= 4 is 99.4 Å². The van der Waals surface area contributed by atoms with Crippen LogP contribution in [0.3, 0.4) is 0 Å². The average molecular weight is 448 g/mol. The van der Waals surface area contributed by atoms with E-state index in [4.69, 9.17) is 20.4 Å². The third-order valence-electron chi connectivity index (χ3n) is 1.56. The van der Waals surface area contributed by atoms with Crippen LogP contribution in [0.2, 0.25) is 0 Å². The smallest absolute Gasteiger partial charge is 0.547 e. The molecule has 0 heterocycles. The molecule has 12 N–H and O–H groups in total. The Hall–Kier alpha value is 0.0795. The van der Waals surface area contributed by atoms with Crippen LogP contribution in [0.1, 0.15) is 0 Å². The second-order valence-electron chi connectivity index (χ2n) is 3.06. The Morgan fingerprint density at radius 2 is 0.538 bits per heavy atom. The second-order valence-corrected chi connectivity index (χ2v) is 3.06. The summed E-state index contributed by atoms with van der Waals surface area (Å²) in [5, 5.41) is 71.5. The molecule has 0 aliphatic carbocycles. The van der Waals surface area contributed by atoms with Gasteiger partial charge in [-0.1, -0.05) is 0 Å². The number of carbonyl (C=O) groups is 4. The van der Waals surface area contributed by atoms with Crippen LogP contribution in [0.5, 0.6) is 0 Å². The predicted molar refractivity (Wildman–Crippen MR) is 70.0 cm³/mol. The van der Waals surface area contributed by atoms with E-state index in [1.54, 1.807) is 0 Å². The van der Waals surface area contributed by atoms with E-state index in [1.807, 2.05) is 0 Å². The first-order valence-electron chi connectivity index (χ1n) is 4.49. The SMILES string of the molecule is O.O.O.O.O=C([O-])C(O)C(O)C(=O)[O-].O=C([O-])C(O)C(O)C(=O)[O-].[Ca+2].[Ca+2]. The monoisotopic (exact) mass is 448 g/mol. The Morgan fingerprint density at radius 1 is 0.462 bits per heavy atom. The third kappa shape index (κ3) is 22.1. The molecule has 0 aliphatic rings. The molecule has 0 rings (SSSR count). The molecule has 0 bridgehead atoms. The number of carboxylic acid groups (broad SMARTS) is 4. The molecular weight excluding hydrogens is 432 g/mol. The summed E-state index contributed by atoms with van der Waals surface area (Å²) in [4.78, 5) is 38.5. The number of carbonyl (C=O) groups excluding carboxylic acids is 4. The van der Waals surface area contributed by atoms with E-state index in [-0.39, 0.29) is 97.4 Å². The van der Waals surface area contributed by atoms with Gasteiger partial charge >= 0.3 is 75.5 Å². The molecule has 148 valence electrons. The van der Waals surface area contributed by atoms with Crippen LogP contribution in [0.4, 0.5) is 0 Å². The fraction of sp³-hybridized carbons (Fsp3) is 0.500. The molecule has 4 unspecified atom stereocenters. The summed E-state index contributed by atoms with van der Waals surface area (Å²) in [7, 11) is 0. The van der Waals surface area contributed by atoms with Gasteiger partial charge in [0.15, 0.2) is 0 Å². The van der Waals surface area contributed by atoms with Gasteiger partial charge in [-0.25, -0.2) is 0 Å². The molecule has 0 aromatic rings. The molecule has 0 aromatic carbocycles. The third-order valence-corrected chi connectivity index (χ3v) is 1.56. The van der Waals surface area contributed by atoms with Crippen molar-refractivity contribution in [2.24, 2.45) is 0 Å². The molecular formula is C8H16Ca2O16. The molecule has 0 fully saturated rings. The van der Waals surface area contributed by atoms with Crippen LogP contribution >= 0.6 is 0 Å². The van der Waals surface area contributed by atoms with Crippen LogP contribution in [-0.4, -0.2) is 166 Å². The fourth-order valence-electron chi connectivity index (χ4n) is 0.516. The van der Waals surface area contributed by atoms with Gasteiger partial charge in [-0.3, -0.25) is 0 Å². The van der Waals surface area contributed by atoms with E-state index in [0.29, 0.717) is 0 Å². The minimum atomic E-state index is -2.44. The van der Waals surface area contributed by atoms with Crippen LogP contribution in [0, 0.1) is 0 Å². The van der Waals surface area contributed by atoms with Crippen molar-refractivity contribution < 1.29 is 81.9 Å². The van der Waals surface area contributed by atoms with Gasteiger partial charge in [0.05, 0.1) is 23.9 Å². The van der Waals surface area contributed by atoms with E-state index in [0.717, 1.165) is 0 Å². The molecule has 0 amide bonds. The van der Waals surface area contributed by atoms with Crippen LogP contribution < -0.4 is 20.4 Å². The quantitative estimate of drug-likeness (QED) is 0.275. The maximum Gasteiger partial charge on any atom is 2.00 e. The van der Waals surface area contributed by atoms with Crippen LogP contribution in [0.25, 0.3) is 0 Å². The number of aliphatic hydroxyl groups is 4. The summed E-state index contributed by atoms with van der Waals surface area (Å²) in [5.74, 6) is -8.23. The molecule has 0 aromatic heterocycles. The maximum absolute atomic E-state index is 9.63. The molecule has 0 aliphatic heterocycles. The Labute approximate surface area is 203 Å². The Kier molecular flexibility index (Phi) is 48.4. The van der Waals surface area contributed by atoms with Gasteiger partial charge in [0, 0.05) is 0 Å². The van der Waals surface area contributed by atoms with E-state index in [9.17, 15) is 39.6 Å². The summed E-state index contributed by atoms with van der Waals surface area (Å²) < 4.78 is 0. The molecule has 0 spiro atoms. The average Bonchev–Trinajstić information content (AvgIpc) is 2.35. The fourth-order valence-corrected chi connectivity index (χ4v) is 0.516. The zero-order valence-electron chi connectivity index (χ0n) is 12.8. The minimum absolute atomic E-state index is 0. The summed E-state index contributed by atoms with van der Waals surface area (Å²) in [6.45, 7) is 0. The van der Waals surface area contributed by atoms with Crippen LogP contribution in [-0.2, 0) is 19.2 Å². The first kappa shape index (κ1) is 50.2. The number of aliphatic hydroxyl groups excluding tert-OH is 4. The van der Waals surface area contributed by atoms with Crippen molar-refractivity contribution in [3.8, 4) is 0 Å². The van der Waals surface area contributed by atoms with Crippen molar-refractivity contribution in [1.82, 2.24) is 0 Å². The van der Waals surface area contributed by atoms with Gasteiger partial charge in [0.2, 0.25) is 0 Å². The first-order valence-corrected chi connectivity index (χ1v) is 4.49. The second kappa shape index (κ2) is 25.1. The van der Waals surface area contributed by atoms with Crippen molar-refractivity contribution in [1.29, 1.82) is 0 Å². The number of carboxylic acids is 4. The standard InChI is InChI=1S/2C4H6O6.2Ca.4H2O/c2*5-1(3(7)8)2(6)4(9)10;;;;;;/h2*1-2,5-6H,(H,7,8)(H,9,10);;;4*1H2/q;;2*+2;;;;/p-4. The largest absolute Gasteiger partial charge is 2.00 e. The number of hydrogen-bond donors (Lipinski definition) is 4. The first-order chi connectivity index (χ1) is 8.93. The predicted octanol–water partition coefficient (Wildman–Crippen LogP) is -13.6. The molecule has 18 heteroatoms. The Balaban J connectivity index is -0.0000000337. The molecule has 4 atom stereocenters. The minimum Gasteiger partial charge on any atom is -0.547 e. The van der Waals surface area contributed by atoms with E-state index in [2.05, 4.69) is 0 Å². The van der Waals surface area contributed by atoms with Crippen molar-refractivity contribution in [3.05, 3.63) is 0 Å². The van der Waals surface area contributed by atoms with Gasteiger partial charge in [-0.05, 0) is 0 Å². The summed E-state index contributed by atoms with van der Waals surface area (Å²) in [6.07, 6.45) is -9.76. The number of rotatable bonds is 6. The van der Waals surface area contributed by atoms with Gasteiger partial charge in [-0.2, -0.15) is 0 Å². The molecule has 0 saturated carbocycles. The van der Waals surface area contributed by atoms with Gasteiger partial charge in [-0.15, -0.1) is 0 Å². The van der Waals surface area contributed by atoms with Crippen molar-refractivity contribution in [2.45, 2.75) is 24.4 Å². The summed E-state index contributed by atoms with van der Waals surface area (Å²) in [5.41, 5.74) is 0. The van der Waals surface area contributed by atoms with E-state index >= 15 is 0 Å². The van der Waals surface area contributed by atoms with E-state index < -0.39 is 48.3 Å². The number of aliphatic carboxylic acids is 4. The Bertz CT molecular complexity index is 316. The van der Waals surface area contributed by atoms with Gasteiger partial charge < -0.3 is 81.9 Å². The maximum atomic E-state index is 9.63. The molecule has 16 nitrogen and oxygen atoms in total.